The number of para-hydroxylation sites is 1. The smallest absolute Gasteiger partial charge is 0.457 e. The summed E-state index contributed by atoms with van der Waals surface area (Å²) in [7, 11) is 0. The highest BCUT2D eigenvalue weighted by molar-refractivity contribution is 6.00. The molecule has 8 nitrogen and oxygen atoms in total. The topological polar surface area (TPSA) is 98.8 Å². The second-order valence-electron chi connectivity index (χ2n) is 8.51. The molecule has 0 aliphatic carbocycles. The number of nitrogens with one attached hydrogen (secondary N) is 2. The van der Waals surface area contributed by atoms with Gasteiger partial charge < -0.3 is 24.8 Å². The van der Waals surface area contributed by atoms with Crippen molar-refractivity contribution in [1.29, 1.82) is 0 Å². The number of esters is 1. The van der Waals surface area contributed by atoms with Gasteiger partial charge in [0.25, 0.3) is 0 Å². The van der Waals surface area contributed by atoms with Gasteiger partial charge >= 0.3 is 18.4 Å². The van der Waals surface area contributed by atoms with E-state index in [2.05, 4.69) is 20.4 Å². The zero-order valence-electron chi connectivity index (χ0n) is 20.1. The van der Waals surface area contributed by atoms with Crippen LogP contribution >= 0.6 is 0 Å². The number of hydrogen-bond acceptors (Lipinski definition) is 6. The fraction of sp³-hybridized carbons (Fsp3) is 0.192. The molecule has 0 saturated heterocycles. The van der Waals surface area contributed by atoms with Gasteiger partial charge in [0.2, 0.25) is 5.88 Å². The predicted octanol–water partition coefficient (Wildman–Crippen LogP) is 6.77. The van der Waals surface area contributed by atoms with Crippen molar-refractivity contribution in [2.24, 2.45) is 0 Å². The van der Waals surface area contributed by atoms with Crippen LogP contribution in [0.25, 0.3) is 6.08 Å². The lowest BCUT2D eigenvalue weighted by molar-refractivity contribution is -0.274. The van der Waals surface area contributed by atoms with Crippen LogP contribution in [0.3, 0.4) is 0 Å². The van der Waals surface area contributed by atoms with E-state index >= 15 is 0 Å². The largest absolute Gasteiger partial charge is 0.573 e. The molecule has 0 aliphatic rings. The molecule has 11 heteroatoms. The first-order valence-electron chi connectivity index (χ1n) is 10.9. The van der Waals surface area contributed by atoms with Crippen molar-refractivity contribution in [3.63, 3.8) is 0 Å². The number of urea groups is 1. The minimum atomic E-state index is -4.81. The number of carbonyl (C=O) groups is 2. The highest BCUT2D eigenvalue weighted by Crippen LogP contribution is 2.30. The standard InChI is InChI=1S/C26H24F3N3O5/c1-25(2,3)37-22(33)15-10-17-7-4-5-9-21(17)35-23-20(8-6-16-30-23)32-24(34)31-18-11-13-19(14-12-18)36-26(27,28)29/h4-16H,1-3H3,(H2,31,32,34)/b15-10+. The van der Waals surface area contributed by atoms with E-state index in [9.17, 15) is 22.8 Å². The van der Waals surface area contributed by atoms with E-state index in [0.717, 1.165) is 12.1 Å². The van der Waals surface area contributed by atoms with E-state index < -0.39 is 29.7 Å². The van der Waals surface area contributed by atoms with Crippen LogP contribution in [-0.2, 0) is 9.53 Å². The Morgan fingerprint density at radius 3 is 2.30 bits per heavy atom. The van der Waals surface area contributed by atoms with Crippen LogP contribution in [0.2, 0.25) is 0 Å². The Hall–Kier alpha value is -4.54. The number of pyridine rings is 1. The molecule has 1 heterocycles. The summed E-state index contributed by atoms with van der Waals surface area (Å²) in [4.78, 5) is 28.7. The molecule has 37 heavy (non-hydrogen) atoms. The maximum absolute atomic E-state index is 12.5. The minimum absolute atomic E-state index is 0.0738. The van der Waals surface area contributed by atoms with Gasteiger partial charge in [-0.15, -0.1) is 13.2 Å². The summed E-state index contributed by atoms with van der Waals surface area (Å²) in [6, 6.07) is 14.0. The minimum Gasteiger partial charge on any atom is -0.457 e. The normalized spacial score (nSPS) is 11.6. The van der Waals surface area contributed by atoms with Crippen LogP contribution < -0.4 is 20.1 Å². The Labute approximate surface area is 211 Å². The monoisotopic (exact) mass is 515 g/mol. The second kappa shape index (κ2) is 11.5. The molecule has 3 rings (SSSR count). The predicted molar refractivity (Wildman–Crippen MR) is 131 cm³/mol. The molecule has 0 spiro atoms. The molecule has 3 aromatic rings. The molecular formula is C26H24F3N3O5. The lowest BCUT2D eigenvalue weighted by atomic mass is 10.2. The zero-order chi connectivity index (χ0) is 27.1. The van der Waals surface area contributed by atoms with Gasteiger partial charge in [0.15, 0.2) is 0 Å². The summed E-state index contributed by atoms with van der Waals surface area (Å²) in [5.41, 5.74) is 0.389. The summed E-state index contributed by atoms with van der Waals surface area (Å²) in [5.74, 6) is -0.493. The summed E-state index contributed by atoms with van der Waals surface area (Å²) in [6.07, 6.45) is -0.522. The van der Waals surface area contributed by atoms with Gasteiger partial charge in [0.1, 0.15) is 22.8 Å². The number of alkyl halides is 3. The van der Waals surface area contributed by atoms with Crippen LogP contribution in [0.15, 0.2) is 72.9 Å². The third-order valence-corrected chi connectivity index (χ3v) is 4.30. The van der Waals surface area contributed by atoms with E-state index in [0.29, 0.717) is 11.3 Å². The van der Waals surface area contributed by atoms with Gasteiger partial charge in [-0.2, -0.15) is 0 Å². The molecule has 2 N–H and O–H groups in total. The maximum Gasteiger partial charge on any atom is 0.573 e. The van der Waals surface area contributed by atoms with Crippen molar-refractivity contribution < 1.29 is 37.0 Å². The Bertz CT molecular complexity index is 1270. The molecule has 194 valence electrons. The van der Waals surface area contributed by atoms with E-state index in [4.69, 9.17) is 9.47 Å². The van der Waals surface area contributed by atoms with Gasteiger partial charge in [0, 0.05) is 23.5 Å². The Kier molecular flexibility index (Phi) is 8.38. The molecule has 0 atom stereocenters. The molecule has 1 aromatic heterocycles. The molecule has 0 aliphatic heterocycles. The average molecular weight is 515 g/mol. The number of benzene rings is 2. The quantitative estimate of drug-likeness (QED) is 0.266. The zero-order valence-corrected chi connectivity index (χ0v) is 20.1. The summed E-state index contributed by atoms with van der Waals surface area (Å²) in [6.45, 7) is 5.29. The van der Waals surface area contributed by atoms with Crippen molar-refractivity contribution in [1.82, 2.24) is 4.98 Å². The average Bonchev–Trinajstić information content (AvgIpc) is 2.79. The van der Waals surface area contributed by atoms with Crippen molar-refractivity contribution >= 4 is 29.5 Å². The lowest BCUT2D eigenvalue weighted by Gasteiger charge is -2.18. The Morgan fingerprint density at radius 1 is 0.919 bits per heavy atom. The van der Waals surface area contributed by atoms with Gasteiger partial charge in [-0.3, -0.25) is 0 Å². The van der Waals surface area contributed by atoms with Crippen LogP contribution in [0.5, 0.6) is 17.4 Å². The highest BCUT2D eigenvalue weighted by atomic mass is 19.4. The molecule has 0 bridgehead atoms. The first-order valence-corrected chi connectivity index (χ1v) is 10.9. The van der Waals surface area contributed by atoms with Crippen molar-refractivity contribution in [2.75, 3.05) is 10.6 Å². The van der Waals surface area contributed by atoms with Crippen molar-refractivity contribution in [3.05, 3.63) is 78.5 Å². The number of hydrogen-bond donors (Lipinski definition) is 2. The number of rotatable bonds is 7. The molecule has 0 radical (unpaired) electrons. The number of carbonyl (C=O) groups excluding carboxylic acids is 2. The van der Waals surface area contributed by atoms with Crippen LogP contribution in [0, 0.1) is 0 Å². The number of ether oxygens (including phenoxy) is 3. The Balaban J connectivity index is 1.69. The van der Waals surface area contributed by atoms with E-state index in [-0.39, 0.29) is 17.3 Å². The summed E-state index contributed by atoms with van der Waals surface area (Å²) >= 11 is 0. The fourth-order valence-corrected chi connectivity index (χ4v) is 2.90. The molecule has 2 aromatic carbocycles. The molecule has 0 fully saturated rings. The molecule has 0 saturated carbocycles. The third kappa shape index (κ3) is 9.21. The van der Waals surface area contributed by atoms with Crippen LogP contribution in [0.4, 0.5) is 29.3 Å². The van der Waals surface area contributed by atoms with E-state index in [1.807, 2.05) is 0 Å². The van der Waals surface area contributed by atoms with E-state index in [1.165, 1.54) is 30.5 Å². The van der Waals surface area contributed by atoms with Crippen molar-refractivity contribution in [3.8, 4) is 17.4 Å². The number of anilines is 2. The number of amides is 2. The van der Waals surface area contributed by atoms with Crippen LogP contribution in [-0.4, -0.2) is 28.9 Å². The molecule has 0 unspecified atom stereocenters. The number of halogens is 3. The SMILES string of the molecule is CC(C)(C)OC(=O)/C=C/c1ccccc1Oc1ncccc1NC(=O)Nc1ccc(OC(F)(F)F)cc1. The van der Waals surface area contributed by atoms with E-state index in [1.54, 1.807) is 57.2 Å². The maximum atomic E-state index is 12.5. The Morgan fingerprint density at radius 2 is 1.62 bits per heavy atom. The van der Waals surface area contributed by atoms with Gasteiger partial charge in [-0.25, -0.2) is 14.6 Å². The molecular weight excluding hydrogens is 491 g/mol. The van der Waals surface area contributed by atoms with Gasteiger partial charge in [0.05, 0.1) is 0 Å². The lowest BCUT2D eigenvalue weighted by Crippen LogP contribution is -2.22. The third-order valence-electron chi connectivity index (χ3n) is 4.30. The first-order chi connectivity index (χ1) is 17.4. The second-order valence-corrected chi connectivity index (χ2v) is 8.51. The highest BCUT2D eigenvalue weighted by Gasteiger charge is 2.31. The fourth-order valence-electron chi connectivity index (χ4n) is 2.90. The number of nitrogens with zero attached hydrogens (tertiary/aromatic N) is 1. The summed E-state index contributed by atoms with van der Waals surface area (Å²) < 4.78 is 51.9. The summed E-state index contributed by atoms with van der Waals surface area (Å²) in [5, 5.41) is 5.09. The molecule has 2 amide bonds. The van der Waals surface area contributed by atoms with Crippen molar-refractivity contribution in [2.45, 2.75) is 32.7 Å². The van der Waals surface area contributed by atoms with Gasteiger partial charge in [-0.1, -0.05) is 18.2 Å². The van der Waals surface area contributed by atoms with Crippen LogP contribution in [0.1, 0.15) is 26.3 Å². The van der Waals surface area contributed by atoms with Gasteiger partial charge in [-0.05, 0) is 69.3 Å². The number of aromatic nitrogens is 1. The first kappa shape index (κ1) is 27.1.